The van der Waals surface area contributed by atoms with Gasteiger partial charge in [0.1, 0.15) is 0 Å². The second-order valence-corrected chi connectivity index (χ2v) is 10.0. The Bertz CT molecular complexity index is 1180. The Hall–Kier alpha value is -3.13. The standard InChI is InChI=1S/C26H31F6N5O3/c1-2-40-21-15-36(18-6-8-19(9-7-18)37-11-10-22(35-37)26(30,31)32)14-20(21)34-23(38)13-33-24(39)16-4-3-5-17(12-16)25(27,28)29/h3-5,10-12,18-21H,2,6-9,13-15H2,1H3,(H,33,39)(H,34,38)/t18?,19?,20-,21-/m0/s1. The number of nitrogens with one attached hydrogen (secondary N) is 2. The maximum atomic E-state index is 12.9. The molecular weight excluding hydrogens is 544 g/mol. The van der Waals surface area contributed by atoms with Crippen molar-refractivity contribution in [2.45, 2.75) is 69.2 Å². The van der Waals surface area contributed by atoms with Crippen LogP contribution in [0.5, 0.6) is 0 Å². The largest absolute Gasteiger partial charge is 0.435 e. The van der Waals surface area contributed by atoms with Crippen LogP contribution in [0.1, 0.15) is 60.3 Å². The average Bonchev–Trinajstić information content (AvgIpc) is 3.55. The third-order valence-corrected chi connectivity index (χ3v) is 7.34. The van der Waals surface area contributed by atoms with Crippen LogP contribution in [0.25, 0.3) is 0 Å². The normalized spacial score (nSPS) is 24.2. The van der Waals surface area contributed by atoms with Crippen LogP contribution in [0.3, 0.4) is 0 Å². The first kappa shape index (κ1) is 29.8. The van der Waals surface area contributed by atoms with Gasteiger partial charge in [0.05, 0.1) is 30.3 Å². The number of benzene rings is 1. The number of likely N-dealkylation sites (tertiary alicyclic amines) is 1. The van der Waals surface area contributed by atoms with E-state index in [-0.39, 0.29) is 29.8 Å². The van der Waals surface area contributed by atoms with E-state index in [1.807, 2.05) is 6.92 Å². The first-order chi connectivity index (χ1) is 18.8. The van der Waals surface area contributed by atoms with Crippen LogP contribution in [0.15, 0.2) is 36.5 Å². The van der Waals surface area contributed by atoms with Gasteiger partial charge in [0, 0.05) is 37.5 Å². The zero-order valence-corrected chi connectivity index (χ0v) is 21.8. The summed E-state index contributed by atoms with van der Waals surface area (Å²) in [6.07, 6.45) is -5.18. The van der Waals surface area contributed by atoms with Gasteiger partial charge in [-0.1, -0.05) is 6.07 Å². The molecule has 1 aliphatic heterocycles. The van der Waals surface area contributed by atoms with Crippen LogP contribution < -0.4 is 10.6 Å². The van der Waals surface area contributed by atoms with Crippen LogP contribution in [0.2, 0.25) is 0 Å². The van der Waals surface area contributed by atoms with Crippen molar-refractivity contribution in [3.63, 3.8) is 0 Å². The molecule has 2 amide bonds. The molecule has 1 saturated heterocycles. The Morgan fingerprint density at radius 2 is 1.70 bits per heavy atom. The maximum Gasteiger partial charge on any atom is 0.435 e. The molecule has 2 N–H and O–H groups in total. The molecule has 4 rings (SSSR count). The maximum absolute atomic E-state index is 12.9. The third kappa shape index (κ3) is 7.33. The molecule has 8 nitrogen and oxygen atoms in total. The highest BCUT2D eigenvalue weighted by Gasteiger charge is 2.39. The fraction of sp³-hybridized carbons (Fsp3) is 0.577. The van der Waals surface area contributed by atoms with Gasteiger partial charge in [-0.05, 0) is 56.9 Å². The van der Waals surface area contributed by atoms with E-state index in [0.29, 0.717) is 32.5 Å². The molecule has 1 saturated carbocycles. The first-order valence-corrected chi connectivity index (χ1v) is 13.1. The summed E-state index contributed by atoms with van der Waals surface area (Å²) in [6, 6.07) is 4.61. The summed E-state index contributed by atoms with van der Waals surface area (Å²) in [4.78, 5) is 27.1. The lowest BCUT2D eigenvalue weighted by molar-refractivity contribution is -0.141. The quantitative estimate of drug-likeness (QED) is 0.464. The van der Waals surface area contributed by atoms with Gasteiger partial charge < -0.3 is 15.4 Å². The summed E-state index contributed by atoms with van der Waals surface area (Å²) in [5.74, 6) is -1.30. The molecule has 0 unspecified atom stereocenters. The van der Waals surface area contributed by atoms with Crippen molar-refractivity contribution in [2.75, 3.05) is 26.2 Å². The van der Waals surface area contributed by atoms with E-state index in [4.69, 9.17) is 4.74 Å². The molecule has 0 bridgehead atoms. The Morgan fingerprint density at radius 1 is 1.00 bits per heavy atom. The predicted molar refractivity (Wildman–Crippen MR) is 131 cm³/mol. The number of hydrogen-bond donors (Lipinski definition) is 2. The van der Waals surface area contributed by atoms with E-state index >= 15 is 0 Å². The monoisotopic (exact) mass is 575 g/mol. The topological polar surface area (TPSA) is 88.5 Å². The van der Waals surface area contributed by atoms with E-state index in [2.05, 4.69) is 20.6 Å². The number of carbonyl (C=O) groups excluding carboxylic acids is 2. The molecule has 0 radical (unpaired) electrons. The summed E-state index contributed by atoms with van der Waals surface area (Å²) in [6.45, 7) is 2.89. The van der Waals surface area contributed by atoms with E-state index in [0.717, 1.165) is 37.1 Å². The van der Waals surface area contributed by atoms with Crippen molar-refractivity contribution >= 4 is 11.8 Å². The molecule has 0 spiro atoms. The number of alkyl halides is 6. The van der Waals surface area contributed by atoms with Gasteiger partial charge in [0.15, 0.2) is 5.69 Å². The van der Waals surface area contributed by atoms with Crippen molar-refractivity contribution in [1.29, 1.82) is 0 Å². The molecule has 2 heterocycles. The summed E-state index contributed by atoms with van der Waals surface area (Å²) in [7, 11) is 0. The number of nitrogens with zero attached hydrogens (tertiary/aromatic N) is 3. The molecule has 40 heavy (non-hydrogen) atoms. The van der Waals surface area contributed by atoms with Gasteiger partial charge in [0.2, 0.25) is 5.91 Å². The lowest BCUT2D eigenvalue weighted by atomic mass is 9.90. The van der Waals surface area contributed by atoms with E-state index in [1.54, 1.807) is 0 Å². The van der Waals surface area contributed by atoms with Crippen LogP contribution >= 0.6 is 0 Å². The highest BCUT2D eigenvalue weighted by molar-refractivity contribution is 5.96. The summed E-state index contributed by atoms with van der Waals surface area (Å²) >= 11 is 0. The molecule has 1 aromatic heterocycles. The van der Waals surface area contributed by atoms with E-state index in [9.17, 15) is 35.9 Å². The molecule has 2 aromatic rings. The number of amides is 2. The Morgan fingerprint density at radius 3 is 2.33 bits per heavy atom. The van der Waals surface area contributed by atoms with Crippen LogP contribution in [0.4, 0.5) is 26.3 Å². The fourth-order valence-electron chi connectivity index (χ4n) is 5.36. The minimum Gasteiger partial charge on any atom is -0.375 e. The van der Waals surface area contributed by atoms with Gasteiger partial charge in [0.25, 0.3) is 5.91 Å². The second kappa shape index (κ2) is 12.2. The van der Waals surface area contributed by atoms with Crippen molar-refractivity contribution in [1.82, 2.24) is 25.3 Å². The first-order valence-electron chi connectivity index (χ1n) is 13.1. The minimum absolute atomic E-state index is 0.117. The number of halogens is 6. The molecule has 2 atom stereocenters. The number of rotatable bonds is 8. The highest BCUT2D eigenvalue weighted by atomic mass is 19.4. The Kier molecular flexibility index (Phi) is 9.08. The number of carbonyl (C=O) groups is 2. The SMILES string of the molecule is CCO[C@H]1CN(C2CCC(n3ccc(C(F)(F)F)n3)CC2)C[C@@H]1NC(=O)CNC(=O)c1cccc(C(F)(F)F)c1. The van der Waals surface area contributed by atoms with Gasteiger partial charge in [-0.25, -0.2) is 0 Å². The molecule has 2 fully saturated rings. The zero-order chi connectivity index (χ0) is 29.1. The van der Waals surface area contributed by atoms with Gasteiger partial charge in [-0.2, -0.15) is 31.4 Å². The molecule has 2 aliphatic rings. The summed E-state index contributed by atoms with van der Waals surface area (Å²) < 4.78 is 84.7. The molecule has 1 aliphatic carbocycles. The average molecular weight is 576 g/mol. The highest BCUT2D eigenvalue weighted by Crippen LogP contribution is 2.34. The lowest BCUT2D eigenvalue weighted by Crippen LogP contribution is -2.48. The van der Waals surface area contributed by atoms with Gasteiger partial charge in [-0.3, -0.25) is 19.2 Å². The number of aromatic nitrogens is 2. The Balaban J connectivity index is 1.28. The Labute approximate surface area is 227 Å². The molecule has 220 valence electrons. The van der Waals surface area contributed by atoms with Crippen molar-refractivity contribution < 1.29 is 40.7 Å². The number of ether oxygens (including phenoxy) is 1. The summed E-state index contributed by atoms with van der Waals surface area (Å²) in [5.41, 5.74) is -2.07. The van der Waals surface area contributed by atoms with E-state index in [1.165, 1.54) is 16.9 Å². The predicted octanol–water partition coefficient (Wildman–Crippen LogP) is 4.04. The molecular formula is C26H31F6N5O3. The van der Waals surface area contributed by atoms with Crippen molar-refractivity contribution in [3.8, 4) is 0 Å². The second-order valence-electron chi connectivity index (χ2n) is 10.0. The minimum atomic E-state index is -4.59. The van der Waals surface area contributed by atoms with Crippen LogP contribution in [0, 0.1) is 0 Å². The summed E-state index contributed by atoms with van der Waals surface area (Å²) in [5, 5.41) is 8.91. The number of hydrogen-bond acceptors (Lipinski definition) is 5. The lowest BCUT2D eigenvalue weighted by Gasteiger charge is -2.34. The third-order valence-electron chi connectivity index (χ3n) is 7.34. The smallest absolute Gasteiger partial charge is 0.375 e. The molecule has 1 aromatic carbocycles. The fourth-order valence-corrected chi connectivity index (χ4v) is 5.36. The van der Waals surface area contributed by atoms with E-state index < -0.39 is 42.0 Å². The van der Waals surface area contributed by atoms with Crippen molar-refractivity contribution in [3.05, 3.63) is 53.3 Å². The van der Waals surface area contributed by atoms with Crippen molar-refractivity contribution in [2.24, 2.45) is 0 Å². The van der Waals surface area contributed by atoms with Crippen LogP contribution in [-0.4, -0.2) is 70.9 Å². The molecule has 14 heteroatoms. The zero-order valence-electron chi connectivity index (χ0n) is 21.8. The van der Waals surface area contributed by atoms with Gasteiger partial charge >= 0.3 is 12.4 Å². The van der Waals surface area contributed by atoms with Gasteiger partial charge in [-0.15, -0.1) is 0 Å². The van der Waals surface area contributed by atoms with Crippen LogP contribution in [-0.2, 0) is 21.9 Å².